The zero-order chi connectivity index (χ0) is 22.8. The molecule has 2 aromatic carbocycles. The van der Waals surface area contributed by atoms with E-state index in [1.54, 1.807) is 12.1 Å². The Morgan fingerprint density at radius 1 is 1.12 bits per heavy atom. The molecular weight excluding hydrogens is 411 g/mol. The van der Waals surface area contributed by atoms with Gasteiger partial charge >= 0.3 is 0 Å². The van der Waals surface area contributed by atoms with Crippen LogP contribution in [0, 0.1) is 17.7 Å². The molecule has 4 heteroatoms. The second-order valence-corrected chi connectivity index (χ2v) is 9.59. The molecule has 33 heavy (non-hydrogen) atoms. The van der Waals surface area contributed by atoms with Gasteiger partial charge in [-0.15, -0.1) is 13.2 Å². The highest BCUT2D eigenvalue weighted by atomic mass is 19.1. The number of rotatable bonds is 8. The lowest BCUT2D eigenvalue weighted by atomic mass is 9.71. The molecule has 0 radical (unpaired) electrons. The molecule has 3 aliphatic rings. The number of aromatic nitrogens is 1. The summed E-state index contributed by atoms with van der Waals surface area (Å²) < 4.78 is 22.2. The third-order valence-electron chi connectivity index (χ3n) is 7.85. The zero-order valence-corrected chi connectivity index (χ0v) is 19.1. The predicted octanol–water partition coefficient (Wildman–Crippen LogP) is 6.23. The molecule has 0 unspecified atom stereocenters. The van der Waals surface area contributed by atoms with Crippen molar-refractivity contribution < 1.29 is 13.6 Å². The summed E-state index contributed by atoms with van der Waals surface area (Å²) in [6.07, 6.45) is 7.90. The molecule has 1 aromatic heterocycles. The van der Waals surface area contributed by atoms with Gasteiger partial charge in [0.2, 0.25) is 0 Å². The minimum absolute atomic E-state index is 0.115. The number of hydrogen-bond acceptors (Lipinski definition) is 2. The van der Waals surface area contributed by atoms with Crippen LogP contribution in [0.15, 0.2) is 86.1 Å². The number of quaternary nitrogens is 1. The molecule has 3 aliphatic heterocycles. The molecule has 0 aliphatic carbocycles. The summed E-state index contributed by atoms with van der Waals surface area (Å²) >= 11 is 0. The number of pyridine rings is 1. The van der Waals surface area contributed by atoms with Gasteiger partial charge in [-0.3, -0.25) is 4.98 Å². The average molecular weight is 444 g/mol. The van der Waals surface area contributed by atoms with Crippen LogP contribution in [0.4, 0.5) is 4.39 Å². The van der Waals surface area contributed by atoms with E-state index >= 15 is 0 Å². The largest absolute Gasteiger partial charge is 0.363 e. The SMILES string of the molecule is C=CCO[C@H](c1ccnc2ccccc12)[C@H]1C[C@@H]2CC[N@@+]1(Cc1ccccc1F)C[C@@H]2C=C. The maximum absolute atomic E-state index is 14.8. The van der Waals surface area contributed by atoms with Gasteiger partial charge in [0.25, 0.3) is 0 Å². The topological polar surface area (TPSA) is 22.1 Å². The summed E-state index contributed by atoms with van der Waals surface area (Å²) in [6.45, 7) is 11.2. The van der Waals surface area contributed by atoms with Crippen LogP contribution in [-0.2, 0) is 11.3 Å². The first-order valence-corrected chi connectivity index (χ1v) is 11.9. The van der Waals surface area contributed by atoms with Crippen LogP contribution in [0.2, 0.25) is 0 Å². The Kier molecular flexibility index (Phi) is 6.13. The van der Waals surface area contributed by atoms with E-state index in [9.17, 15) is 4.39 Å². The van der Waals surface area contributed by atoms with Crippen LogP contribution in [0.3, 0.4) is 0 Å². The first-order chi connectivity index (χ1) is 16.1. The predicted molar refractivity (Wildman–Crippen MR) is 131 cm³/mol. The first-order valence-electron chi connectivity index (χ1n) is 11.9. The number of ether oxygens (including phenoxy) is 1. The number of nitrogens with zero attached hydrogens (tertiary/aromatic N) is 2. The molecule has 0 saturated carbocycles. The van der Waals surface area contributed by atoms with Crippen molar-refractivity contribution in [1.29, 1.82) is 0 Å². The van der Waals surface area contributed by atoms with E-state index in [2.05, 4.69) is 42.4 Å². The third kappa shape index (κ3) is 4.03. The van der Waals surface area contributed by atoms with Gasteiger partial charge in [0.1, 0.15) is 24.5 Å². The molecule has 170 valence electrons. The maximum Gasteiger partial charge on any atom is 0.135 e. The summed E-state index contributed by atoms with van der Waals surface area (Å²) in [5.74, 6) is 0.927. The van der Waals surface area contributed by atoms with Gasteiger partial charge in [-0.05, 0) is 29.7 Å². The molecule has 3 fully saturated rings. The summed E-state index contributed by atoms with van der Waals surface area (Å²) in [5.41, 5.74) is 2.93. The lowest BCUT2D eigenvalue weighted by Gasteiger charge is -2.58. The fourth-order valence-electron chi connectivity index (χ4n) is 6.28. The fourth-order valence-corrected chi connectivity index (χ4v) is 6.28. The van der Waals surface area contributed by atoms with Crippen LogP contribution < -0.4 is 0 Å². The summed E-state index contributed by atoms with van der Waals surface area (Å²) in [5, 5.41) is 1.13. The summed E-state index contributed by atoms with van der Waals surface area (Å²) in [7, 11) is 0. The van der Waals surface area contributed by atoms with Crippen LogP contribution in [0.5, 0.6) is 0 Å². The van der Waals surface area contributed by atoms with Crippen molar-refractivity contribution in [2.75, 3.05) is 19.7 Å². The van der Waals surface area contributed by atoms with E-state index in [4.69, 9.17) is 4.74 Å². The Bertz CT molecular complexity index is 1160. The Morgan fingerprint density at radius 3 is 2.76 bits per heavy atom. The van der Waals surface area contributed by atoms with Crippen LogP contribution >= 0.6 is 0 Å². The highest BCUT2D eigenvalue weighted by molar-refractivity contribution is 5.82. The Labute approximate surface area is 195 Å². The van der Waals surface area contributed by atoms with E-state index < -0.39 is 0 Å². The fraction of sp³-hybridized carbons (Fsp3) is 0.345. The highest BCUT2D eigenvalue weighted by Gasteiger charge is 2.54. The third-order valence-corrected chi connectivity index (χ3v) is 7.85. The lowest BCUT2D eigenvalue weighted by molar-refractivity contribution is -0.985. The van der Waals surface area contributed by atoms with Gasteiger partial charge in [0.15, 0.2) is 0 Å². The van der Waals surface area contributed by atoms with Gasteiger partial charge in [0, 0.05) is 35.9 Å². The number of fused-ring (bicyclic) bond motifs is 4. The lowest BCUT2D eigenvalue weighted by Crippen LogP contribution is -2.67. The normalized spacial score (nSPS) is 27.4. The molecule has 0 amide bonds. The minimum atomic E-state index is -0.121. The summed E-state index contributed by atoms with van der Waals surface area (Å²) in [4.78, 5) is 4.58. The van der Waals surface area contributed by atoms with Gasteiger partial charge in [-0.25, -0.2) is 4.39 Å². The molecular formula is C29H32FN2O+. The number of halogens is 1. The van der Waals surface area contributed by atoms with Crippen LogP contribution in [0.1, 0.15) is 30.1 Å². The highest BCUT2D eigenvalue weighted by Crippen LogP contribution is 2.49. The van der Waals surface area contributed by atoms with E-state index in [1.165, 1.54) is 5.56 Å². The molecule has 0 spiro atoms. The molecule has 5 atom stereocenters. The molecule has 6 rings (SSSR count). The van der Waals surface area contributed by atoms with Crippen LogP contribution in [0.25, 0.3) is 10.9 Å². The van der Waals surface area contributed by atoms with Crippen molar-refractivity contribution >= 4 is 10.9 Å². The van der Waals surface area contributed by atoms with E-state index in [0.717, 1.165) is 46.9 Å². The van der Waals surface area contributed by atoms with Gasteiger partial charge < -0.3 is 9.22 Å². The zero-order valence-electron chi connectivity index (χ0n) is 19.1. The Hall–Kier alpha value is -2.82. The standard InChI is InChI=1S/C29H32FN2O/c1-3-17-33-29(25-13-15-31-27-12-8-6-10-24(25)27)28-18-22-14-16-32(28,19-21(22)4-2)20-23-9-5-7-11-26(23)30/h3-13,15,21-22,28-29H,1-2,14,16-20H2/q+1/t21-,22-,28+,29+,32-/m0/s1. The molecule has 4 heterocycles. The monoisotopic (exact) mass is 443 g/mol. The average Bonchev–Trinajstić information content (AvgIpc) is 2.86. The van der Waals surface area contributed by atoms with Crippen molar-refractivity contribution in [3.05, 3.63) is 103 Å². The summed E-state index contributed by atoms with van der Waals surface area (Å²) in [6, 6.07) is 17.8. The molecule has 2 bridgehead atoms. The van der Waals surface area contributed by atoms with Gasteiger partial charge in [-0.1, -0.05) is 48.6 Å². The van der Waals surface area contributed by atoms with Crippen molar-refractivity contribution in [2.24, 2.45) is 11.8 Å². The number of benzene rings is 2. The van der Waals surface area contributed by atoms with Crippen molar-refractivity contribution in [1.82, 2.24) is 4.98 Å². The van der Waals surface area contributed by atoms with Crippen molar-refractivity contribution in [3.8, 4) is 0 Å². The molecule has 3 aromatic rings. The van der Waals surface area contributed by atoms with E-state index in [0.29, 0.717) is 25.0 Å². The second-order valence-electron chi connectivity index (χ2n) is 9.59. The molecule has 3 nitrogen and oxygen atoms in total. The minimum Gasteiger partial charge on any atom is -0.363 e. The van der Waals surface area contributed by atoms with Gasteiger partial charge in [-0.2, -0.15) is 0 Å². The van der Waals surface area contributed by atoms with Crippen LogP contribution in [-0.4, -0.2) is 35.2 Å². The smallest absolute Gasteiger partial charge is 0.135 e. The molecule has 0 N–H and O–H groups in total. The number of piperidine rings is 3. The second kappa shape index (κ2) is 9.20. The number of para-hydroxylation sites is 1. The van der Waals surface area contributed by atoms with Crippen molar-refractivity contribution in [2.45, 2.75) is 31.5 Å². The Morgan fingerprint density at radius 2 is 1.94 bits per heavy atom. The van der Waals surface area contributed by atoms with E-state index in [-0.39, 0.29) is 18.0 Å². The first kappa shape index (κ1) is 22.0. The van der Waals surface area contributed by atoms with Crippen molar-refractivity contribution in [3.63, 3.8) is 0 Å². The van der Waals surface area contributed by atoms with E-state index in [1.807, 2.05) is 36.5 Å². The Balaban J connectivity index is 1.61. The maximum atomic E-state index is 14.8. The number of hydrogen-bond donors (Lipinski definition) is 0. The quantitative estimate of drug-likeness (QED) is 0.304. The molecule has 3 saturated heterocycles. The van der Waals surface area contributed by atoms with Gasteiger partial charge in [0.05, 0.1) is 25.2 Å².